The largest absolute Gasteiger partial charge is 0.494 e. The van der Waals surface area contributed by atoms with Crippen molar-refractivity contribution in [2.45, 2.75) is 13.1 Å². The SMILES string of the molecule is Cc1cc(I)ccc1N=Cc1c(O)n(-c2ccccc2C(F)(F)F)c(=O)c2ccccc12. The minimum atomic E-state index is -4.71. The van der Waals surface area contributed by atoms with Gasteiger partial charge in [0.1, 0.15) is 0 Å². The Kier molecular flexibility index (Phi) is 5.81. The zero-order chi connectivity index (χ0) is 23.0. The molecular formula is C24H16F3IN2O2. The Hall–Kier alpha value is -3.14. The topological polar surface area (TPSA) is 54.6 Å². The lowest BCUT2D eigenvalue weighted by molar-refractivity contribution is -0.137. The second kappa shape index (κ2) is 8.42. The number of rotatable bonds is 3. The van der Waals surface area contributed by atoms with E-state index in [1.54, 1.807) is 18.2 Å². The van der Waals surface area contributed by atoms with Gasteiger partial charge in [0.05, 0.1) is 22.5 Å². The van der Waals surface area contributed by atoms with Crippen molar-refractivity contribution in [3.8, 4) is 11.6 Å². The highest BCUT2D eigenvalue weighted by atomic mass is 127. The van der Waals surface area contributed by atoms with Gasteiger partial charge in [-0.05, 0) is 71.5 Å². The Labute approximate surface area is 194 Å². The molecule has 8 heteroatoms. The van der Waals surface area contributed by atoms with Gasteiger partial charge < -0.3 is 5.11 Å². The van der Waals surface area contributed by atoms with Crippen LogP contribution in [0.15, 0.2) is 76.5 Å². The number of para-hydroxylation sites is 1. The molecule has 4 rings (SSSR count). The zero-order valence-corrected chi connectivity index (χ0v) is 18.8. The average Bonchev–Trinajstić information content (AvgIpc) is 2.74. The molecule has 0 aliphatic carbocycles. The molecule has 0 unspecified atom stereocenters. The number of aliphatic imine (C=N–C) groups is 1. The number of fused-ring (bicyclic) bond motifs is 1. The molecule has 0 spiro atoms. The van der Waals surface area contributed by atoms with E-state index in [0.29, 0.717) is 15.6 Å². The minimum Gasteiger partial charge on any atom is -0.494 e. The van der Waals surface area contributed by atoms with Crippen LogP contribution in [0, 0.1) is 10.5 Å². The summed E-state index contributed by atoms with van der Waals surface area (Å²) in [4.78, 5) is 17.6. The van der Waals surface area contributed by atoms with Crippen LogP contribution in [0.2, 0.25) is 0 Å². The molecule has 1 N–H and O–H groups in total. The molecule has 0 saturated heterocycles. The maximum Gasteiger partial charge on any atom is 0.418 e. The van der Waals surface area contributed by atoms with Crippen LogP contribution in [0.3, 0.4) is 0 Å². The zero-order valence-electron chi connectivity index (χ0n) is 16.7. The number of hydrogen-bond acceptors (Lipinski definition) is 3. The third kappa shape index (κ3) is 4.02. The summed E-state index contributed by atoms with van der Waals surface area (Å²) in [5.74, 6) is -0.614. The summed E-state index contributed by atoms with van der Waals surface area (Å²) in [6.07, 6.45) is -3.33. The highest BCUT2D eigenvalue weighted by Crippen LogP contribution is 2.36. The van der Waals surface area contributed by atoms with Crippen LogP contribution in [-0.4, -0.2) is 15.9 Å². The van der Waals surface area contributed by atoms with E-state index in [0.717, 1.165) is 21.3 Å². The lowest BCUT2D eigenvalue weighted by Crippen LogP contribution is -2.23. The summed E-state index contributed by atoms with van der Waals surface area (Å²) in [5.41, 5.74) is -0.542. The van der Waals surface area contributed by atoms with Gasteiger partial charge in [-0.25, -0.2) is 4.57 Å². The first kappa shape index (κ1) is 22.1. The highest BCUT2D eigenvalue weighted by Gasteiger charge is 2.34. The summed E-state index contributed by atoms with van der Waals surface area (Å²) in [6.45, 7) is 1.88. The van der Waals surface area contributed by atoms with E-state index < -0.39 is 28.9 Å². The molecule has 0 bridgehead atoms. The van der Waals surface area contributed by atoms with Crippen LogP contribution < -0.4 is 5.56 Å². The quantitative estimate of drug-likeness (QED) is 0.239. The van der Waals surface area contributed by atoms with E-state index in [1.807, 2.05) is 25.1 Å². The second-order valence-electron chi connectivity index (χ2n) is 7.13. The molecular weight excluding hydrogens is 532 g/mol. The van der Waals surface area contributed by atoms with Crippen molar-refractivity contribution in [2.75, 3.05) is 0 Å². The second-order valence-corrected chi connectivity index (χ2v) is 8.37. The Balaban J connectivity index is 2.02. The number of aryl methyl sites for hydroxylation is 1. The predicted molar refractivity (Wildman–Crippen MR) is 127 cm³/mol. The Bertz CT molecular complexity index is 1430. The Morgan fingerprint density at radius 2 is 1.66 bits per heavy atom. The van der Waals surface area contributed by atoms with Crippen LogP contribution in [0.1, 0.15) is 16.7 Å². The molecule has 0 radical (unpaired) electrons. The summed E-state index contributed by atoms with van der Waals surface area (Å²) in [5, 5.41) is 11.6. The van der Waals surface area contributed by atoms with Gasteiger partial charge in [0.2, 0.25) is 5.88 Å². The van der Waals surface area contributed by atoms with Crippen molar-refractivity contribution < 1.29 is 18.3 Å². The van der Waals surface area contributed by atoms with Gasteiger partial charge in [-0.1, -0.05) is 30.3 Å². The fraction of sp³-hybridized carbons (Fsp3) is 0.0833. The molecule has 1 heterocycles. The summed E-state index contributed by atoms with van der Waals surface area (Å²) < 4.78 is 42.6. The summed E-state index contributed by atoms with van der Waals surface area (Å²) in [6, 6.07) is 16.7. The number of benzene rings is 3. The van der Waals surface area contributed by atoms with E-state index >= 15 is 0 Å². The van der Waals surface area contributed by atoms with E-state index in [4.69, 9.17) is 0 Å². The monoisotopic (exact) mass is 548 g/mol. The molecule has 32 heavy (non-hydrogen) atoms. The number of hydrogen-bond donors (Lipinski definition) is 1. The van der Waals surface area contributed by atoms with Crippen molar-refractivity contribution in [2.24, 2.45) is 4.99 Å². The van der Waals surface area contributed by atoms with Crippen molar-refractivity contribution in [1.29, 1.82) is 0 Å². The lowest BCUT2D eigenvalue weighted by Gasteiger charge is -2.18. The van der Waals surface area contributed by atoms with Crippen molar-refractivity contribution >= 4 is 45.3 Å². The minimum absolute atomic E-state index is 0.148. The fourth-order valence-electron chi connectivity index (χ4n) is 3.52. The van der Waals surface area contributed by atoms with Crippen LogP contribution in [-0.2, 0) is 6.18 Å². The van der Waals surface area contributed by atoms with E-state index in [2.05, 4.69) is 27.6 Å². The number of nitrogens with zero attached hydrogens (tertiary/aromatic N) is 2. The maximum atomic E-state index is 13.6. The van der Waals surface area contributed by atoms with Gasteiger partial charge in [0.15, 0.2) is 0 Å². The molecule has 1 aromatic heterocycles. The standard InChI is InChI=1S/C24H16F3IN2O2/c1-14-12-15(28)10-11-20(14)29-13-18-16-6-2-3-7-17(16)22(31)30(23(18)32)21-9-5-4-8-19(21)24(25,26)27/h2-13,32H,1H3. The molecule has 0 aliphatic rings. The van der Waals surface area contributed by atoms with Crippen molar-refractivity contribution in [1.82, 2.24) is 4.57 Å². The molecule has 3 aromatic carbocycles. The summed E-state index contributed by atoms with van der Waals surface area (Å²) in [7, 11) is 0. The third-order valence-electron chi connectivity index (χ3n) is 5.05. The van der Waals surface area contributed by atoms with Gasteiger partial charge in [0.25, 0.3) is 5.56 Å². The van der Waals surface area contributed by atoms with Crippen LogP contribution in [0.4, 0.5) is 18.9 Å². The van der Waals surface area contributed by atoms with Gasteiger partial charge in [-0.15, -0.1) is 0 Å². The van der Waals surface area contributed by atoms with Gasteiger partial charge in [0, 0.05) is 20.6 Å². The van der Waals surface area contributed by atoms with Gasteiger partial charge in [-0.3, -0.25) is 9.79 Å². The molecule has 0 atom stereocenters. The maximum absolute atomic E-state index is 13.6. The average molecular weight is 548 g/mol. The molecule has 0 saturated carbocycles. The van der Waals surface area contributed by atoms with Gasteiger partial charge in [-0.2, -0.15) is 13.2 Å². The third-order valence-corrected chi connectivity index (χ3v) is 5.72. The molecule has 0 aliphatic heterocycles. The first-order valence-electron chi connectivity index (χ1n) is 9.52. The Morgan fingerprint density at radius 1 is 1.00 bits per heavy atom. The van der Waals surface area contributed by atoms with E-state index in [1.165, 1.54) is 24.4 Å². The normalized spacial score (nSPS) is 12.0. The number of aromatic nitrogens is 1. The van der Waals surface area contributed by atoms with Crippen molar-refractivity contribution in [3.05, 3.63) is 97.3 Å². The van der Waals surface area contributed by atoms with Crippen molar-refractivity contribution in [3.63, 3.8) is 0 Å². The predicted octanol–water partition coefficient (Wildman–Crippen LogP) is 6.38. The lowest BCUT2D eigenvalue weighted by atomic mass is 10.1. The summed E-state index contributed by atoms with van der Waals surface area (Å²) >= 11 is 2.18. The van der Waals surface area contributed by atoms with Gasteiger partial charge >= 0.3 is 6.18 Å². The van der Waals surface area contributed by atoms with Crippen LogP contribution >= 0.6 is 22.6 Å². The molecule has 162 valence electrons. The number of pyridine rings is 1. The number of alkyl halides is 3. The van der Waals surface area contributed by atoms with E-state index in [-0.39, 0.29) is 10.9 Å². The van der Waals surface area contributed by atoms with Crippen LogP contribution in [0.25, 0.3) is 16.5 Å². The first-order valence-corrected chi connectivity index (χ1v) is 10.6. The highest BCUT2D eigenvalue weighted by molar-refractivity contribution is 14.1. The fourth-order valence-corrected chi connectivity index (χ4v) is 4.17. The number of halogens is 4. The molecule has 0 amide bonds. The molecule has 4 aromatic rings. The van der Waals surface area contributed by atoms with Crippen LogP contribution in [0.5, 0.6) is 5.88 Å². The molecule has 0 fully saturated rings. The van der Waals surface area contributed by atoms with E-state index in [9.17, 15) is 23.1 Å². The molecule has 4 nitrogen and oxygen atoms in total. The first-order chi connectivity index (χ1) is 15.2. The Morgan fingerprint density at radius 3 is 2.34 bits per heavy atom. The smallest absolute Gasteiger partial charge is 0.418 e. The number of aromatic hydroxyl groups is 1.